The van der Waals surface area contributed by atoms with Crippen LogP contribution in [0.5, 0.6) is 0 Å². The maximum Gasteiger partial charge on any atom is 0.214 e. The van der Waals surface area contributed by atoms with Crippen molar-refractivity contribution in [2.75, 3.05) is 13.6 Å². The van der Waals surface area contributed by atoms with E-state index in [9.17, 15) is 0 Å². The summed E-state index contributed by atoms with van der Waals surface area (Å²) in [5.74, 6) is 0.995. The van der Waals surface area contributed by atoms with Crippen LogP contribution in [0.1, 0.15) is 5.69 Å². The molecule has 2 heterocycles. The van der Waals surface area contributed by atoms with E-state index < -0.39 is 0 Å². The van der Waals surface area contributed by atoms with Crippen LogP contribution < -0.4 is 5.32 Å². The van der Waals surface area contributed by atoms with Crippen molar-refractivity contribution in [2.45, 2.75) is 6.42 Å². The lowest BCUT2D eigenvalue weighted by Gasteiger charge is -2.00. The lowest BCUT2D eigenvalue weighted by molar-refractivity contribution is 0.744. The molecule has 0 saturated carbocycles. The highest BCUT2D eigenvalue weighted by Crippen LogP contribution is 2.22. The third-order valence-electron chi connectivity index (χ3n) is 3.27. The van der Waals surface area contributed by atoms with E-state index in [-0.39, 0.29) is 0 Å². The molecule has 0 fully saturated rings. The molecule has 0 amide bonds. The highest BCUT2D eigenvalue weighted by molar-refractivity contribution is 9.10. The van der Waals surface area contributed by atoms with E-state index in [0.717, 1.165) is 34.2 Å². The van der Waals surface area contributed by atoms with Crippen molar-refractivity contribution >= 4 is 32.7 Å². The molecule has 0 radical (unpaired) electrons. The maximum absolute atomic E-state index is 4.67. The number of aryl methyl sites for hydroxylation is 1. The van der Waals surface area contributed by atoms with Gasteiger partial charge in [-0.2, -0.15) is 0 Å². The highest BCUT2D eigenvalue weighted by atomic mass is 79.9. The number of nitrogens with one attached hydrogen (secondary N) is 1. The zero-order chi connectivity index (χ0) is 12.7. The van der Waals surface area contributed by atoms with Crippen molar-refractivity contribution < 1.29 is 0 Å². The van der Waals surface area contributed by atoms with Crippen LogP contribution in [0.25, 0.3) is 16.8 Å². The van der Waals surface area contributed by atoms with Gasteiger partial charge in [-0.1, -0.05) is 15.9 Å². The number of hydrogen-bond acceptors (Lipinski definition) is 2. The summed E-state index contributed by atoms with van der Waals surface area (Å²) >= 11 is 3.51. The molecule has 0 aliphatic rings. The molecule has 1 N–H and O–H groups in total. The standard InChI is InChI=1S/C13H15BrN4/c1-15-6-5-10-8-18-12-7-9(14)3-4-11(12)16-13(18)17(10)2/h3-4,7-8,15H,5-6H2,1-2H3. The Kier molecular flexibility index (Phi) is 2.87. The fourth-order valence-electron chi connectivity index (χ4n) is 2.27. The third kappa shape index (κ3) is 1.74. The molecule has 0 unspecified atom stereocenters. The molecule has 94 valence electrons. The second-order valence-corrected chi connectivity index (χ2v) is 5.36. The fourth-order valence-corrected chi connectivity index (χ4v) is 2.62. The Morgan fingerprint density at radius 2 is 2.22 bits per heavy atom. The Labute approximate surface area is 114 Å². The first-order valence-corrected chi connectivity index (χ1v) is 6.76. The summed E-state index contributed by atoms with van der Waals surface area (Å²) in [6.45, 7) is 0.975. The van der Waals surface area contributed by atoms with E-state index in [4.69, 9.17) is 0 Å². The molecule has 3 rings (SSSR count). The number of imidazole rings is 2. The minimum absolute atomic E-state index is 0.975. The minimum Gasteiger partial charge on any atom is -0.319 e. The molecule has 3 aromatic rings. The predicted molar refractivity (Wildman–Crippen MR) is 77.0 cm³/mol. The Bertz CT molecular complexity index is 710. The van der Waals surface area contributed by atoms with Crippen LogP contribution in [0.4, 0.5) is 0 Å². The van der Waals surface area contributed by atoms with E-state index in [1.165, 1.54) is 5.69 Å². The van der Waals surface area contributed by atoms with E-state index >= 15 is 0 Å². The molecule has 0 spiro atoms. The molecule has 0 aliphatic heterocycles. The van der Waals surface area contributed by atoms with Crippen molar-refractivity contribution in [1.29, 1.82) is 0 Å². The van der Waals surface area contributed by atoms with Crippen molar-refractivity contribution in [2.24, 2.45) is 7.05 Å². The van der Waals surface area contributed by atoms with Gasteiger partial charge in [0, 0.05) is 36.4 Å². The van der Waals surface area contributed by atoms with Gasteiger partial charge in [0.05, 0.1) is 11.0 Å². The number of nitrogens with zero attached hydrogens (tertiary/aromatic N) is 3. The highest BCUT2D eigenvalue weighted by Gasteiger charge is 2.11. The number of rotatable bonds is 3. The maximum atomic E-state index is 4.67. The average molecular weight is 307 g/mol. The summed E-state index contributed by atoms with van der Waals surface area (Å²) in [5.41, 5.74) is 3.46. The van der Waals surface area contributed by atoms with Crippen LogP contribution in [-0.2, 0) is 13.5 Å². The van der Waals surface area contributed by atoms with Gasteiger partial charge in [0.25, 0.3) is 0 Å². The van der Waals surface area contributed by atoms with Crippen LogP contribution in [0.15, 0.2) is 28.9 Å². The number of halogens is 1. The zero-order valence-electron chi connectivity index (χ0n) is 10.4. The minimum atomic E-state index is 0.975. The second kappa shape index (κ2) is 4.40. The first-order chi connectivity index (χ1) is 8.70. The second-order valence-electron chi connectivity index (χ2n) is 4.45. The van der Waals surface area contributed by atoms with Gasteiger partial charge >= 0.3 is 0 Å². The molecule has 0 aliphatic carbocycles. The molecule has 5 heteroatoms. The van der Waals surface area contributed by atoms with Crippen LogP contribution in [0.3, 0.4) is 0 Å². The summed E-state index contributed by atoms with van der Waals surface area (Å²) in [6, 6.07) is 6.17. The van der Waals surface area contributed by atoms with Gasteiger partial charge in [0.1, 0.15) is 0 Å². The molecule has 4 nitrogen and oxygen atoms in total. The van der Waals surface area contributed by atoms with Gasteiger partial charge in [-0.05, 0) is 25.2 Å². The van der Waals surface area contributed by atoms with Gasteiger partial charge in [-0.25, -0.2) is 4.98 Å². The van der Waals surface area contributed by atoms with Crippen molar-refractivity contribution in [1.82, 2.24) is 19.3 Å². The number of likely N-dealkylation sites (N-methyl/N-ethyl adjacent to an activating group) is 1. The van der Waals surface area contributed by atoms with Crippen LogP contribution in [-0.4, -0.2) is 27.5 Å². The molecular weight excluding hydrogens is 292 g/mol. The topological polar surface area (TPSA) is 34.3 Å². The Morgan fingerprint density at radius 3 is 3.00 bits per heavy atom. The van der Waals surface area contributed by atoms with Crippen LogP contribution >= 0.6 is 15.9 Å². The van der Waals surface area contributed by atoms with E-state index in [2.05, 4.69) is 54.5 Å². The number of fused-ring (bicyclic) bond motifs is 3. The van der Waals surface area contributed by atoms with E-state index in [1.807, 2.05) is 19.2 Å². The predicted octanol–water partition coefficient (Wildman–Crippen LogP) is 2.35. The number of hydrogen-bond donors (Lipinski definition) is 1. The molecule has 0 saturated heterocycles. The number of aromatic nitrogens is 3. The lowest BCUT2D eigenvalue weighted by atomic mass is 10.3. The van der Waals surface area contributed by atoms with Gasteiger partial charge in [0.2, 0.25) is 5.78 Å². The smallest absolute Gasteiger partial charge is 0.214 e. The molecule has 2 aromatic heterocycles. The van der Waals surface area contributed by atoms with Gasteiger partial charge in [0.15, 0.2) is 0 Å². The van der Waals surface area contributed by atoms with Crippen molar-refractivity contribution in [3.05, 3.63) is 34.6 Å². The average Bonchev–Trinajstić information content (AvgIpc) is 2.85. The van der Waals surface area contributed by atoms with Gasteiger partial charge < -0.3 is 9.88 Å². The number of benzene rings is 1. The first-order valence-electron chi connectivity index (χ1n) is 5.97. The Balaban J connectivity index is 2.21. The molecule has 1 aromatic carbocycles. The van der Waals surface area contributed by atoms with E-state index in [1.54, 1.807) is 0 Å². The molecule has 0 atom stereocenters. The SMILES string of the molecule is CNCCc1cn2c3cc(Br)ccc3nc2n1C. The van der Waals surface area contributed by atoms with Crippen molar-refractivity contribution in [3.63, 3.8) is 0 Å². The quantitative estimate of drug-likeness (QED) is 0.806. The summed E-state index contributed by atoms with van der Waals surface area (Å²) < 4.78 is 5.40. The molecular formula is C13H15BrN4. The Morgan fingerprint density at radius 1 is 1.39 bits per heavy atom. The van der Waals surface area contributed by atoms with Gasteiger partial charge in [-0.15, -0.1) is 0 Å². The van der Waals surface area contributed by atoms with Gasteiger partial charge in [-0.3, -0.25) is 4.40 Å². The monoisotopic (exact) mass is 306 g/mol. The van der Waals surface area contributed by atoms with Crippen LogP contribution in [0, 0.1) is 0 Å². The van der Waals surface area contributed by atoms with Crippen molar-refractivity contribution in [3.8, 4) is 0 Å². The summed E-state index contributed by atoms with van der Waals surface area (Å²) in [7, 11) is 4.04. The molecule has 18 heavy (non-hydrogen) atoms. The first kappa shape index (κ1) is 11.7. The van der Waals surface area contributed by atoms with Crippen LogP contribution in [0.2, 0.25) is 0 Å². The normalized spacial score (nSPS) is 11.7. The van der Waals surface area contributed by atoms with E-state index in [0.29, 0.717) is 0 Å². The third-order valence-corrected chi connectivity index (χ3v) is 3.77. The summed E-state index contributed by atoms with van der Waals surface area (Å²) in [5, 5.41) is 3.18. The Hall–Kier alpha value is -1.33. The summed E-state index contributed by atoms with van der Waals surface area (Å²) in [6.07, 6.45) is 3.18. The zero-order valence-corrected chi connectivity index (χ0v) is 12.0. The fraction of sp³-hybridized carbons (Fsp3) is 0.308. The lowest BCUT2D eigenvalue weighted by Crippen LogP contribution is -2.12. The summed E-state index contributed by atoms with van der Waals surface area (Å²) in [4.78, 5) is 4.67. The molecule has 0 bridgehead atoms. The largest absolute Gasteiger partial charge is 0.319 e.